The fourth-order valence-corrected chi connectivity index (χ4v) is 2.17. The molecule has 0 atom stereocenters. The lowest BCUT2D eigenvalue weighted by atomic mass is 9.73. The Morgan fingerprint density at radius 2 is 2.27 bits per heavy atom. The Bertz CT molecular complexity index is 172. The summed E-state index contributed by atoms with van der Waals surface area (Å²) in [6, 6.07) is 0.682. The quantitative estimate of drug-likeness (QED) is 0.606. The van der Waals surface area contributed by atoms with Crippen molar-refractivity contribution in [1.29, 1.82) is 0 Å². The highest BCUT2D eigenvalue weighted by Crippen LogP contribution is 2.38. The minimum absolute atomic E-state index is 0.185. The minimum atomic E-state index is -0.185. The largest absolute Gasteiger partial charge is 0.369 e. The second-order valence-electron chi connectivity index (χ2n) is 3.72. The van der Waals surface area contributed by atoms with Gasteiger partial charge in [-0.25, -0.2) is 0 Å². The third-order valence-corrected chi connectivity index (χ3v) is 2.91. The van der Waals surface area contributed by atoms with E-state index in [0.717, 1.165) is 12.5 Å². The zero-order chi connectivity index (χ0) is 7.84. The van der Waals surface area contributed by atoms with Crippen LogP contribution in [0.1, 0.15) is 19.3 Å². The Balaban J connectivity index is 1.88. The highest BCUT2D eigenvalue weighted by molar-refractivity contribution is 5.76. The van der Waals surface area contributed by atoms with E-state index in [1.807, 2.05) is 0 Å². The lowest BCUT2D eigenvalue weighted by molar-refractivity contribution is -0.121. The van der Waals surface area contributed by atoms with Crippen LogP contribution in [0.5, 0.6) is 0 Å². The van der Waals surface area contributed by atoms with E-state index in [1.54, 1.807) is 0 Å². The van der Waals surface area contributed by atoms with Crippen molar-refractivity contribution in [2.45, 2.75) is 25.3 Å². The number of piperidine rings is 2. The first kappa shape index (κ1) is 7.10. The molecule has 3 heteroatoms. The lowest BCUT2D eigenvalue weighted by Gasteiger charge is -2.48. The van der Waals surface area contributed by atoms with Gasteiger partial charge in [0.05, 0.1) is 6.54 Å². The van der Waals surface area contributed by atoms with Crippen LogP contribution in [0.15, 0.2) is 0 Å². The number of amides is 1. The van der Waals surface area contributed by atoms with E-state index >= 15 is 0 Å². The zero-order valence-corrected chi connectivity index (χ0v) is 6.62. The summed E-state index contributed by atoms with van der Waals surface area (Å²) in [6.45, 7) is 1.55. The van der Waals surface area contributed by atoms with E-state index < -0.39 is 0 Å². The van der Waals surface area contributed by atoms with E-state index in [4.69, 9.17) is 5.73 Å². The average molecular weight is 154 g/mol. The number of nitrogens with zero attached hydrogens (tertiary/aromatic N) is 1. The predicted octanol–water partition coefficient (Wildman–Crippen LogP) is -0.0440. The molecule has 2 aliphatic heterocycles. The van der Waals surface area contributed by atoms with Gasteiger partial charge < -0.3 is 5.73 Å². The van der Waals surface area contributed by atoms with Crippen LogP contribution >= 0.6 is 0 Å². The first-order valence-corrected chi connectivity index (χ1v) is 4.28. The van der Waals surface area contributed by atoms with Crippen molar-refractivity contribution in [3.05, 3.63) is 0 Å². The van der Waals surface area contributed by atoms with Gasteiger partial charge in [0.25, 0.3) is 0 Å². The van der Waals surface area contributed by atoms with Crippen LogP contribution in [0.25, 0.3) is 0 Å². The first-order chi connectivity index (χ1) is 5.25. The van der Waals surface area contributed by atoms with Gasteiger partial charge in [-0.2, -0.15) is 0 Å². The molecule has 3 rings (SSSR count). The average Bonchev–Trinajstić information content (AvgIpc) is 1.83. The molecule has 0 aromatic rings. The maximum Gasteiger partial charge on any atom is 0.231 e. The summed E-state index contributed by atoms with van der Waals surface area (Å²) in [6.07, 6.45) is 3.87. The van der Waals surface area contributed by atoms with Gasteiger partial charge in [0.15, 0.2) is 0 Å². The number of carbonyl (C=O) groups excluding carboxylic acids is 1. The molecule has 0 aromatic heterocycles. The number of nitrogens with two attached hydrogens (primary N) is 1. The number of carbonyl (C=O) groups is 1. The summed E-state index contributed by atoms with van der Waals surface area (Å²) in [7, 11) is 0. The van der Waals surface area contributed by atoms with Gasteiger partial charge in [-0.1, -0.05) is 0 Å². The Morgan fingerprint density at radius 3 is 2.73 bits per heavy atom. The van der Waals surface area contributed by atoms with Crippen molar-refractivity contribution in [3.8, 4) is 0 Å². The smallest absolute Gasteiger partial charge is 0.231 e. The van der Waals surface area contributed by atoms with Crippen molar-refractivity contribution in [3.63, 3.8) is 0 Å². The second-order valence-corrected chi connectivity index (χ2v) is 3.72. The molecule has 11 heavy (non-hydrogen) atoms. The highest BCUT2D eigenvalue weighted by Gasteiger charge is 2.38. The molecule has 1 amide bonds. The molecule has 2 heterocycles. The van der Waals surface area contributed by atoms with Gasteiger partial charge in [-0.15, -0.1) is 0 Å². The molecule has 62 valence electrons. The van der Waals surface area contributed by atoms with E-state index in [9.17, 15) is 4.79 Å². The summed E-state index contributed by atoms with van der Waals surface area (Å²) in [4.78, 5) is 12.8. The second kappa shape index (κ2) is 2.48. The predicted molar refractivity (Wildman–Crippen MR) is 41.9 cm³/mol. The molecule has 3 fully saturated rings. The summed E-state index contributed by atoms with van der Waals surface area (Å²) in [5.41, 5.74) is 5.12. The van der Waals surface area contributed by atoms with Gasteiger partial charge in [0, 0.05) is 6.04 Å². The SMILES string of the molecule is NC(=O)CN1CCC2CC1C2. The third-order valence-electron chi connectivity index (χ3n) is 2.91. The Kier molecular flexibility index (Phi) is 1.60. The van der Waals surface area contributed by atoms with Crippen molar-refractivity contribution < 1.29 is 4.79 Å². The van der Waals surface area contributed by atoms with Crippen LogP contribution in [-0.2, 0) is 4.79 Å². The molecule has 3 nitrogen and oxygen atoms in total. The molecule has 0 radical (unpaired) electrons. The molecule has 0 aromatic carbocycles. The molecule has 0 spiro atoms. The molecule has 1 saturated carbocycles. The van der Waals surface area contributed by atoms with Crippen molar-refractivity contribution in [2.24, 2.45) is 11.7 Å². The van der Waals surface area contributed by atoms with Crippen LogP contribution < -0.4 is 5.73 Å². The standard InChI is InChI=1S/C8H14N2O/c9-8(11)5-10-2-1-6-3-7(10)4-6/h6-7H,1-5H2,(H2,9,11). The Morgan fingerprint density at radius 1 is 1.55 bits per heavy atom. The zero-order valence-electron chi connectivity index (χ0n) is 6.62. The molecular formula is C8H14N2O. The van der Waals surface area contributed by atoms with Crippen LogP contribution in [0.2, 0.25) is 0 Å². The van der Waals surface area contributed by atoms with Crippen LogP contribution in [0.4, 0.5) is 0 Å². The normalized spacial score (nSPS) is 36.4. The maximum absolute atomic E-state index is 10.6. The summed E-state index contributed by atoms with van der Waals surface area (Å²) >= 11 is 0. The molecule has 2 bridgehead atoms. The van der Waals surface area contributed by atoms with Gasteiger partial charge in [-0.3, -0.25) is 9.69 Å². The van der Waals surface area contributed by atoms with Gasteiger partial charge in [-0.05, 0) is 31.7 Å². The molecule has 1 aliphatic carbocycles. The van der Waals surface area contributed by atoms with Crippen LogP contribution in [-0.4, -0.2) is 29.9 Å². The number of primary amides is 1. The van der Waals surface area contributed by atoms with Crippen LogP contribution in [0, 0.1) is 5.92 Å². The molecule has 0 unspecified atom stereocenters. The summed E-state index contributed by atoms with van der Waals surface area (Å²) in [5, 5.41) is 0. The van der Waals surface area contributed by atoms with Crippen LogP contribution in [0.3, 0.4) is 0 Å². The van der Waals surface area contributed by atoms with E-state index in [2.05, 4.69) is 4.90 Å². The van der Waals surface area contributed by atoms with Crippen molar-refractivity contribution >= 4 is 5.91 Å². The van der Waals surface area contributed by atoms with Gasteiger partial charge in [0.1, 0.15) is 0 Å². The fourth-order valence-electron chi connectivity index (χ4n) is 2.17. The molecular weight excluding hydrogens is 140 g/mol. The summed E-state index contributed by atoms with van der Waals surface area (Å²) in [5.74, 6) is 0.777. The molecule has 3 aliphatic rings. The van der Waals surface area contributed by atoms with E-state index in [1.165, 1.54) is 19.3 Å². The summed E-state index contributed by atoms with van der Waals surface area (Å²) < 4.78 is 0. The highest BCUT2D eigenvalue weighted by atomic mass is 16.1. The Labute approximate surface area is 66.5 Å². The first-order valence-electron chi connectivity index (χ1n) is 4.28. The number of hydrogen-bond acceptors (Lipinski definition) is 2. The van der Waals surface area contributed by atoms with Crippen molar-refractivity contribution in [1.82, 2.24) is 4.90 Å². The van der Waals surface area contributed by atoms with Gasteiger partial charge >= 0.3 is 0 Å². The van der Waals surface area contributed by atoms with Gasteiger partial charge in [0.2, 0.25) is 5.91 Å². The lowest BCUT2D eigenvalue weighted by Crippen LogP contribution is -2.53. The maximum atomic E-state index is 10.6. The topological polar surface area (TPSA) is 46.3 Å². The third kappa shape index (κ3) is 1.25. The van der Waals surface area contributed by atoms with E-state index in [-0.39, 0.29) is 5.91 Å². The van der Waals surface area contributed by atoms with E-state index in [0.29, 0.717) is 12.6 Å². The number of hydrogen-bond donors (Lipinski definition) is 1. The monoisotopic (exact) mass is 154 g/mol. The molecule has 2 saturated heterocycles. The fraction of sp³-hybridized carbons (Fsp3) is 0.875. The molecule has 2 N–H and O–H groups in total. The minimum Gasteiger partial charge on any atom is -0.369 e. The Hall–Kier alpha value is -0.570. The number of rotatable bonds is 2. The van der Waals surface area contributed by atoms with Crippen molar-refractivity contribution in [2.75, 3.05) is 13.1 Å². The number of fused-ring (bicyclic) bond motifs is 2.